The van der Waals surface area contributed by atoms with Gasteiger partial charge in [0.05, 0.1) is 7.11 Å². The molecule has 6 heteroatoms. The van der Waals surface area contributed by atoms with Crippen molar-refractivity contribution in [1.82, 2.24) is 0 Å². The minimum atomic E-state index is -3.85. The average Bonchev–Trinajstić information content (AvgIpc) is 2.24. The van der Waals surface area contributed by atoms with E-state index in [1.165, 1.54) is 19.2 Å². The second-order valence-corrected chi connectivity index (χ2v) is 4.40. The first-order valence-electron chi connectivity index (χ1n) is 4.29. The van der Waals surface area contributed by atoms with E-state index in [4.69, 9.17) is 15.0 Å². The monoisotopic (exact) mass is 241 g/mol. The Balaban J connectivity index is 3.33. The summed E-state index contributed by atoms with van der Waals surface area (Å²) < 4.78 is 27.4. The summed E-state index contributed by atoms with van der Waals surface area (Å²) in [6, 6.07) is 4.34. The van der Waals surface area contributed by atoms with Gasteiger partial charge in [-0.05, 0) is 18.2 Å². The molecule has 0 aliphatic heterocycles. The molecular weight excluding hydrogens is 230 g/mol. The lowest BCUT2D eigenvalue weighted by Crippen LogP contribution is -2.13. The summed E-state index contributed by atoms with van der Waals surface area (Å²) in [4.78, 5) is -0.125. The minimum absolute atomic E-state index is 0.125. The van der Waals surface area contributed by atoms with Gasteiger partial charge in [-0.25, -0.2) is 13.6 Å². The first-order chi connectivity index (χ1) is 7.49. The number of primary sulfonamides is 1. The Morgan fingerprint density at radius 3 is 2.69 bits per heavy atom. The fourth-order valence-corrected chi connectivity index (χ4v) is 1.84. The fourth-order valence-electron chi connectivity index (χ4n) is 1.12. The zero-order valence-corrected chi connectivity index (χ0v) is 9.41. The average molecular weight is 241 g/mol. The molecule has 0 bridgehead atoms. The molecule has 0 fully saturated rings. The van der Waals surface area contributed by atoms with Crippen LogP contribution in [0.4, 0.5) is 0 Å². The molecule has 0 amide bonds. The summed E-state index contributed by atoms with van der Waals surface area (Å²) >= 11 is 0. The van der Waals surface area contributed by atoms with Gasteiger partial charge < -0.3 is 9.84 Å². The SMILES string of the molecule is COc1ccc(C#CCO)cc1S(N)(=O)=O. The molecule has 0 heterocycles. The summed E-state index contributed by atoms with van der Waals surface area (Å²) in [5, 5.41) is 13.5. The van der Waals surface area contributed by atoms with E-state index in [0.717, 1.165) is 0 Å². The Kier molecular flexibility index (Phi) is 3.90. The molecule has 3 N–H and O–H groups in total. The van der Waals surface area contributed by atoms with E-state index in [0.29, 0.717) is 5.56 Å². The van der Waals surface area contributed by atoms with Crippen molar-refractivity contribution in [1.29, 1.82) is 0 Å². The molecule has 0 aliphatic rings. The molecule has 0 atom stereocenters. The second-order valence-electron chi connectivity index (χ2n) is 2.87. The van der Waals surface area contributed by atoms with Crippen molar-refractivity contribution >= 4 is 10.0 Å². The van der Waals surface area contributed by atoms with Gasteiger partial charge in [0.25, 0.3) is 0 Å². The predicted octanol–water partition coefficient (Wildman–Crippen LogP) is -0.314. The summed E-state index contributed by atoms with van der Waals surface area (Å²) in [7, 11) is -2.50. The molecule has 0 aromatic heterocycles. The Labute approximate surface area is 93.9 Å². The maximum Gasteiger partial charge on any atom is 0.241 e. The number of benzene rings is 1. The number of methoxy groups -OCH3 is 1. The molecule has 86 valence electrons. The standard InChI is InChI=1S/C10H11NO4S/c1-15-9-5-4-8(3-2-6-12)7-10(9)16(11,13)14/h4-5,7,12H,6H2,1H3,(H2,11,13,14). The number of nitrogens with two attached hydrogens (primary N) is 1. The molecule has 0 saturated heterocycles. The Hall–Kier alpha value is -1.55. The highest BCUT2D eigenvalue weighted by Crippen LogP contribution is 2.23. The lowest BCUT2D eigenvalue weighted by atomic mass is 10.2. The highest BCUT2D eigenvalue weighted by atomic mass is 32.2. The zero-order chi connectivity index (χ0) is 12.2. The number of aliphatic hydroxyl groups is 1. The Bertz CT molecular complexity index is 540. The van der Waals surface area contributed by atoms with Crippen LogP contribution in [0.3, 0.4) is 0 Å². The summed E-state index contributed by atoms with van der Waals surface area (Å²) in [5.41, 5.74) is 0.443. The zero-order valence-electron chi connectivity index (χ0n) is 8.60. The molecular formula is C10H11NO4S. The molecule has 0 aliphatic carbocycles. The molecule has 0 radical (unpaired) electrons. The van der Waals surface area contributed by atoms with Gasteiger partial charge >= 0.3 is 0 Å². The highest BCUT2D eigenvalue weighted by Gasteiger charge is 2.14. The molecule has 1 rings (SSSR count). The summed E-state index contributed by atoms with van der Waals surface area (Å²) in [6.45, 7) is -0.295. The molecule has 1 aromatic carbocycles. The largest absolute Gasteiger partial charge is 0.495 e. The van der Waals surface area contributed by atoms with E-state index in [-0.39, 0.29) is 17.3 Å². The molecule has 16 heavy (non-hydrogen) atoms. The summed E-state index contributed by atoms with van der Waals surface area (Å²) in [5.74, 6) is 5.16. The van der Waals surface area contributed by atoms with Gasteiger partial charge in [-0.2, -0.15) is 0 Å². The van der Waals surface area contributed by atoms with Gasteiger partial charge in [-0.1, -0.05) is 11.8 Å². The van der Waals surface area contributed by atoms with Crippen LogP contribution >= 0.6 is 0 Å². The van der Waals surface area contributed by atoms with E-state index in [1.54, 1.807) is 6.07 Å². The van der Waals surface area contributed by atoms with Crippen LogP contribution < -0.4 is 9.88 Å². The van der Waals surface area contributed by atoms with Crippen LogP contribution in [0.5, 0.6) is 5.75 Å². The van der Waals surface area contributed by atoms with Crippen molar-refractivity contribution in [2.45, 2.75) is 4.90 Å². The molecule has 5 nitrogen and oxygen atoms in total. The highest BCUT2D eigenvalue weighted by molar-refractivity contribution is 7.89. The van der Waals surface area contributed by atoms with E-state index in [9.17, 15) is 8.42 Å². The van der Waals surface area contributed by atoms with E-state index >= 15 is 0 Å². The molecule has 0 spiro atoms. The number of rotatable bonds is 2. The van der Waals surface area contributed by atoms with Crippen LogP contribution in [0.1, 0.15) is 5.56 Å². The van der Waals surface area contributed by atoms with Gasteiger partial charge in [0.2, 0.25) is 10.0 Å². The summed E-state index contributed by atoms with van der Waals surface area (Å²) in [6.07, 6.45) is 0. The van der Waals surface area contributed by atoms with Gasteiger partial charge in [0, 0.05) is 5.56 Å². The van der Waals surface area contributed by atoms with Crippen molar-refractivity contribution in [3.63, 3.8) is 0 Å². The lowest BCUT2D eigenvalue weighted by molar-refractivity contribution is 0.350. The first kappa shape index (κ1) is 12.5. The van der Waals surface area contributed by atoms with Gasteiger partial charge in [0.15, 0.2) is 0 Å². The van der Waals surface area contributed by atoms with Crippen molar-refractivity contribution in [3.8, 4) is 17.6 Å². The van der Waals surface area contributed by atoms with Gasteiger partial charge in [0.1, 0.15) is 17.3 Å². The maximum absolute atomic E-state index is 11.2. The van der Waals surface area contributed by atoms with Crippen molar-refractivity contribution in [3.05, 3.63) is 23.8 Å². The van der Waals surface area contributed by atoms with Crippen LogP contribution in [0.15, 0.2) is 23.1 Å². The first-order valence-corrected chi connectivity index (χ1v) is 5.84. The van der Waals surface area contributed by atoms with Crippen molar-refractivity contribution < 1.29 is 18.3 Å². The number of sulfonamides is 1. The van der Waals surface area contributed by atoms with Crippen molar-refractivity contribution in [2.24, 2.45) is 5.14 Å². The number of ether oxygens (including phenoxy) is 1. The fraction of sp³-hybridized carbons (Fsp3) is 0.200. The third-order valence-corrected chi connectivity index (χ3v) is 2.71. The third kappa shape index (κ3) is 2.97. The minimum Gasteiger partial charge on any atom is -0.495 e. The topological polar surface area (TPSA) is 89.6 Å². The molecule has 1 aromatic rings. The number of aliphatic hydroxyl groups excluding tert-OH is 1. The third-order valence-electron chi connectivity index (χ3n) is 1.78. The lowest BCUT2D eigenvalue weighted by Gasteiger charge is -2.06. The van der Waals surface area contributed by atoms with Crippen LogP contribution in [0.25, 0.3) is 0 Å². The Morgan fingerprint density at radius 2 is 2.19 bits per heavy atom. The van der Waals surface area contributed by atoms with Crippen LogP contribution in [-0.4, -0.2) is 27.2 Å². The normalized spacial score (nSPS) is 10.4. The molecule has 0 unspecified atom stereocenters. The van der Waals surface area contributed by atoms with Crippen LogP contribution in [0.2, 0.25) is 0 Å². The smallest absolute Gasteiger partial charge is 0.241 e. The quantitative estimate of drug-likeness (QED) is 0.695. The van der Waals surface area contributed by atoms with Crippen LogP contribution in [-0.2, 0) is 10.0 Å². The number of hydrogen-bond acceptors (Lipinski definition) is 4. The van der Waals surface area contributed by atoms with Crippen LogP contribution in [0, 0.1) is 11.8 Å². The maximum atomic E-state index is 11.2. The van der Waals surface area contributed by atoms with E-state index in [1.807, 2.05) is 0 Å². The van der Waals surface area contributed by atoms with Gasteiger partial charge in [-0.3, -0.25) is 0 Å². The van der Waals surface area contributed by atoms with Gasteiger partial charge in [-0.15, -0.1) is 0 Å². The van der Waals surface area contributed by atoms with E-state index in [2.05, 4.69) is 11.8 Å². The predicted molar refractivity (Wildman–Crippen MR) is 58.3 cm³/mol. The molecule has 0 saturated carbocycles. The Morgan fingerprint density at radius 1 is 1.50 bits per heavy atom. The second kappa shape index (κ2) is 4.99. The van der Waals surface area contributed by atoms with Crippen molar-refractivity contribution in [2.75, 3.05) is 13.7 Å². The number of hydrogen-bond donors (Lipinski definition) is 2. The van der Waals surface area contributed by atoms with E-state index < -0.39 is 10.0 Å².